The van der Waals surface area contributed by atoms with Crippen LogP contribution < -0.4 is 5.32 Å². The van der Waals surface area contributed by atoms with Gasteiger partial charge in [-0.05, 0) is 49.2 Å². The second kappa shape index (κ2) is 6.30. The Kier molecular flexibility index (Phi) is 3.86. The Morgan fingerprint density at radius 2 is 1.78 bits per heavy atom. The summed E-state index contributed by atoms with van der Waals surface area (Å²) in [4.78, 5) is 8.47. The van der Waals surface area contributed by atoms with E-state index in [9.17, 15) is 0 Å². The van der Waals surface area contributed by atoms with Gasteiger partial charge < -0.3 is 9.84 Å². The van der Waals surface area contributed by atoms with E-state index in [1.165, 1.54) is 24.8 Å². The fraction of sp³-hybridized carbons (Fsp3) is 0.278. The molecule has 0 saturated carbocycles. The minimum absolute atomic E-state index is 0.466. The molecule has 1 atom stereocenters. The number of hydrogen-bond donors (Lipinski definition) is 1. The molecule has 1 fully saturated rings. The zero-order chi connectivity index (χ0) is 15.5. The molecule has 0 spiro atoms. The number of aromatic nitrogens is 3. The molecule has 0 bridgehead atoms. The van der Waals surface area contributed by atoms with E-state index in [2.05, 4.69) is 44.7 Å². The number of piperidine rings is 1. The van der Waals surface area contributed by atoms with Crippen LogP contribution in [-0.4, -0.2) is 21.7 Å². The number of hydrogen-bond acceptors (Lipinski definition) is 5. The number of benzene rings is 1. The largest absolute Gasteiger partial charge is 0.334 e. The average molecular weight is 306 g/mol. The monoisotopic (exact) mass is 306 g/mol. The maximum absolute atomic E-state index is 5.39. The van der Waals surface area contributed by atoms with Crippen LogP contribution in [0.3, 0.4) is 0 Å². The third-order valence-corrected chi connectivity index (χ3v) is 4.23. The normalized spacial score (nSPS) is 18.0. The molecular weight excluding hydrogens is 288 g/mol. The molecule has 5 heteroatoms. The van der Waals surface area contributed by atoms with Gasteiger partial charge in [-0.3, -0.25) is 4.98 Å². The summed E-state index contributed by atoms with van der Waals surface area (Å²) in [6.07, 6.45) is 7.20. The van der Waals surface area contributed by atoms with Crippen LogP contribution in [-0.2, 0) is 0 Å². The molecule has 1 saturated heterocycles. The first-order chi connectivity index (χ1) is 11.4. The van der Waals surface area contributed by atoms with Crippen molar-refractivity contribution in [3.8, 4) is 22.8 Å². The number of pyridine rings is 1. The van der Waals surface area contributed by atoms with Gasteiger partial charge in [0, 0.05) is 29.6 Å². The summed E-state index contributed by atoms with van der Waals surface area (Å²) in [7, 11) is 0. The number of nitrogens with one attached hydrogen (secondary N) is 1. The average Bonchev–Trinajstić information content (AvgIpc) is 3.14. The SMILES string of the molecule is c1cc(-c2noc(-c3ccc(C4CCCCN4)cc3)n2)ccn1. The standard InChI is InChI=1S/C18H18N4O/c1-2-10-20-16(3-1)13-4-6-15(7-5-13)18-21-17(22-23-18)14-8-11-19-12-9-14/h4-9,11-12,16,20H,1-3,10H2. The molecule has 3 heterocycles. The summed E-state index contributed by atoms with van der Waals surface area (Å²) in [5.74, 6) is 1.13. The Labute approximate surface area is 134 Å². The highest BCUT2D eigenvalue weighted by Crippen LogP contribution is 2.26. The Bertz CT molecular complexity index is 761. The van der Waals surface area contributed by atoms with E-state index in [0.29, 0.717) is 17.8 Å². The van der Waals surface area contributed by atoms with Gasteiger partial charge in [0.25, 0.3) is 5.89 Å². The second-order valence-corrected chi connectivity index (χ2v) is 5.78. The van der Waals surface area contributed by atoms with Gasteiger partial charge in [0.1, 0.15) is 0 Å². The lowest BCUT2D eigenvalue weighted by atomic mass is 9.97. The highest BCUT2D eigenvalue weighted by atomic mass is 16.5. The summed E-state index contributed by atoms with van der Waals surface area (Å²) >= 11 is 0. The van der Waals surface area contributed by atoms with Crippen LogP contribution >= 0.6 is 0 Å². The van der Waals surface area contributed by atoms with Gasteiger partial charge in [-0.1, -0.05) is 23.7 Å². The summed E-state index contributed by atoms with van der Waals surface area (Å²) in [5, 5.41) is 7.61. The molecule has 3 aromatic rings. The summed E-state index contributed by atoms with van der Waals surface area (Å²) in [6.45, 7) is 1.10. The molecule has 23 heavy (non-hydrogen) atoms. The predicted octanol–water partition coefficient (Wildman–Crippen LogP) is 3.61. The first kappa shape index (κ1) is 14.1. The zero-order valence-electron chi connectivity index (χ0n) is 12.8. The van der Waals surface area contributed by atoms with E-state index in [4.69, 9.17) is 4.52 Å². The topological polar surface area (TPSA) is 63.8 Å². The van der Waals surface area contributed by atoms with Crippen LogP contribution in [0, 0.1) is 0 Å². The van der Waals surface area contributed by atoms with Crippen molar-refractivity contribution in [2.24, 2.45) is 0 Å². The Morgan fingerprint density at radius 3 is 2.52 bits per heavy atom. The third kappa shape index (κ3) is 3.00. The minimum Gasteiger partial charge on any atom is -0.334 e. The van der Waals surface area contributed by atoms with Crippen molar-refractivity contribution in [3.05, 3.63) is 54.4 Å². The highest BCUT2D eigenvalue weighted by molar-refractivity contribution is 5.59. The quantitative estimate of drug-likeness (QED) is 0.800. The van der Waals surface area contributed by atoms with Crippen LogP contribution in [0.2, 0.25) is 0 Å². The van der Waals surface area contributed by atoms with Crippen molar-refractivity contribution >= 4 is 0 Å². The maximum atomic E-state index is 5.39. The van der Waals surface area contributed by atoms with Crippen molar-refractivity contribution in [1.29, 1.82) is 0 Å². The molecule has 0 radical (unpaired) electrons. The zero-order valence-corrected chi connectivity index (χ0v) is 12.8. The van der Waals surface area contributed by atoms with Gasteiger partial charge in [-0.15, -0.1) is 0 Å². The molecule has 5 nitrogen and oxygen atoms in total. The van der Waals surface area contributed by atoms with Crippen molar-refractivity contribution in [3.63, 3.8) is 0 Å². The smallest absolute Gasteiger partial charge is 0.258 e. The van der Waals surface area contributed by atoms with Crippen LogP contribution in [0.25, 0.3) is 22.8 Å². The molecule has 1 unspecified atom stereocenters. The van der Waals surface area contributed by atoms with Crippen LogP contribution in [0.5, 0.6) is 0 Å². The van der Waals surface area contributed by atoms with Crippen molar-refractivity contribution in [1.82, 2.24) is 20.4 Å². The van der Waals surface area contributed by atoms with E-state index in [0.717, 1.165) is 17.7 Å². The molecule has 1 aromatic carbocycles. The molecule has 0 aliphatic carbocycles. The highest BCUT2D eigenvalue weighted by Gasteiger charge is 2.15. The van der Waals surface area contributed by atoms with E-state index < -0.39 is 0 Å². The summed E-state index contributed by atoms with van der Waals surface area (Å²) in [5.41, 5.74) is 3.16. The second-order valence-electron chi connectivity index (χ2n) is 5.78. The van der Waals surface area contributed by atoms with Crippen LogP contribution in [0.4, 0.5) is 0 Å². The maximum Gasteiger partial charge on any atom is 0.258 e. The van der Waals surface area contributed by atoms with Gasteiger partial charge in [-0.25, -0.2) is 0 Å². The Hall–Kier alpha value is -2.53. The molecule has 116 valence electrons. The van der Waals surface area contributed by atoms with Crippen molar-refractivity contribution in [2.45, 2.75) is 25.3 Å². The lowest BCUT2D eigenvalue weighted by Crippen LogP contribution is -2.26. The molecule has 1 N–H and O–H groups in total. The van der Waals surface area contributed by atoms with Gasteiger partial charge in [0.15, 0.2) is 0 Å². The summed E-state index contributed by atoms with van der Waals surface area (Å²) in [6, 6.07) is 12.6. The number of nitrogens with zero attached hydrogens (tertiary/aromatic N) is 3. The first-order valence-corrected chi connectivity index (χ1v) is 7.98. The van der Waals surface area contributed by atoms with Crippen molar-refractivity contribution < 1.29 is 4.52 Å². The third-order valence-electron chi connectivity index (χ3n) is 4.23. The van der Waals surface area contributed by atoms with Gasteiger partial charge in [-0.2, -0.15) is 4.98 Å². The summed E-state index contributed by atoms with van der Waals surface area (Å²) < 4.78 is 5.39. The van der Waals surface area contributed by atoms with Crippen LogP contribution in [0.1, 0.15) is 30.9 Å². The van der Waals surface area contributed by atoms with E-state index >= 15 is 0 Å². The Morgan fingerprint density at radius 1 is 0.957 bits per heavy atom. The number of rotatable bonds is 3. The van der Waals surface area contributed by atoms with Crippen LogP contribution in [0.15, 0.2) is 53.3 Å². The molecule has 2 aromatic heterocycles. The van der Waals surface area contributed by atoms with E-state index in [1.807, 2.05) is 12.1 Å². The molecular formula is C18H18N4O. The lowest BCUT2D eigenvalue weighted by Gasteiger charge is -2.23. The van der Waals surface area contributed by atoms with E-state index in [-0.39, 0.29) is 0 Å². The molecule has 4 rings (SSSR count). The molecule has 1 aliphatic heterocycles. The fourth-order valence-corrected chi connectivity index (χ4v) is 2.95. The first-order valence-electron chi connectivity index (χ1n) is 7.98. The Balaban J connectivity index is 1.55. The lowest BCUT2D eigenvalue weighted by molar-refractivity contribution is 0.412. The van der Waals surface area contributed by atoms with E-state index in [1.54, 1.807) is 12.4 Å². The van der Waals surface area contributed by atoms with Crippen molar-refractivity contribution in [2.75, 3.05) is 6.54 Å². The predicted molar refractivity (Wildman–Crippen MR) is 87.6 cm³/mol. The minimum atomic E-state index is 0.466. The fourth-order valence-electron chi connectivity index (χ4n) is 2.95. The molecule has 0 amide bonds. The van der Waals surface area contributed by atoms with Gasteiger partial charge in [0.2, 0.25) is 5.82 Å². The van der Waals surface area contributed by atoms with Gasteiger partial charge in [0.05, 0.1) is 0 Å². The van der Waals surface area contributed by atoms with Gasteiger partial charge >= 0.3 is 0 Å². The molecule has 1 aliphatic rings.